The molecule has 0 aliphatic heterocycles. The minimum Gasteiger partial charge on any atom is -0.507 e. The zero-order valence-electron chi connectivity index (χ0n) is 17.0. The number of rotatable bonds is 7. The Kier molecular flexibility index (Phi) is 5.91. The number of nitrogens with one attached hydrogen (secondary N) is 1. The normalized spacial score (nSPS) is 11.1. The lowest BCUT2D eigenvalue weighted by Crippen LogP contribution is -2.12. The number of fused-ring (bicyclic) bond motifs is 1. The number of para-hydroxylation sites is 1. The highest BCUT2D eigenvalue weighted by Crippen LogP contribution is 2.31. The highest BCUT2D eigenvalue weighted by Gasteiger charge is 2.17. The van der Waals surface area contributed by atoms with Crippen LogP contribution >= 0.6 is 34.4 Å². The molecule has 0 radical (unpaired) electrons. The summed E-state index contributed by atoms with van der Waals surface area (Å²) in [6, 6.07) is 12.4. The number of aromatic hydroxyl groups is 1. The van der Waals surface area contributed by atoms with Crippen LogP contribution in [0.1, 0.15) is 16.1 Å². The maximum absolute atomic E-state index is 12.4. The number of hydrogen-bond acceptors (Lipinski definition) is 11. The number of benzene rings is 2. The van der Waals surface area contributed by atoms with Crippen molar-refractivity contribution in [2.45, 2.75) is 10.1 Å². The third-order valence-corrected chi connectivity index (χ3v) is 7.62. The third kappa shape index (κ3) is 4.59. The van der Waals surface area contributed by atoms with Crippen molar-refractivity contribution in [2.24, 2.45) is 0 Å². The molecule has 0 fully saturated rings. The lowest BCUT2D eigenvalue weighted by Gasteiger charge is -2.06. The number of phenolic OH excluding ortho intramolecular Hbond substituents is 1. The number of nitrogens with zero attached hydrogens (tertiary/aromatic N) is 6. The van der Waals surface area contributed by atoms with Crippen LogP contribution < -0.4 is 5.32 Å². The van der Waals surface area contributed by atoms with E-state index in [0.29, 0.717) is 11.4 Å². The number of aromatic nitrogens is 5. The Morgan fingerprint density at radius 1 is 1.24 bits per heavy atom. The molecular weight excluding hydrogens is 498 g/mol. The molecule has 3 heterocycles. The zero-order chi connectivity index (χ0) is 23.7. The quantitative estimate of drug-likeness (QED) is 0.183. The van der Waals surface area contributed by atoms with Crippen molar-refractivity contribution in [3.8, 4) is 11.4 Å². The van der Waals surface area contributed by atoms with E-state index in [0.717, 1.165) is 37.8 Å². The molecule has 0 aliphatic carbocycles. The van der Waals surface area contributed by atoms with E-state index in [4.69, 9.17) is 0 Å². The molecule has 0 spiro atoms. The van der Waals surface area contributed by atoms with Crippen LogP contribution in [0, 0.1) is 10.1 Å². The number of amides is 1. The van der Waals surface area contributed by atoms with Crippen molar-refractivity contribution in [2.75, 3.05) is 5.32 Å². The molecule has 0 aliphatic rings. The lowest BCUT2D eigenvalue weighted by molar-refractivity contribution is -0.380. The average molecular weight is 512 g/mol. The predicted octanol–water partition coefficient (Wildman–Crippen LogP) is 4.49. The summed E-state index contributed by atoms with van der Waals surface area (Å²) in [7, 11) is 0. The van der Waals surface area contributed by atoms with E-state index in [2.05, 4.69) is 25.6 Å². The van der Waals surface area contributed by atoms with E-state index in [1.54, 1.807) is 35.4 Å². The van der Waals surface area contributed by atoms with Gasteiger partial charge in [-0.2, -0.15) is 0 Å². The topological polar surface area (TPSA) is 149 Å². The van der Waals surface area contributed by atoms with Crippen molar-refractivity contribution < 1.29 is 14.8 Å². The van der Waals surface area contributed by atoms with Gasteiger partial charge in [0.2, 0.25) is 0 Å². The van der Waals surface area contributed by atoms with Gasteiger partial charge in [0.25, 0.3) is 5.91 Å². The highest BCUT2D eigenvalue weighted by molar-refractivity contribution is 8.00. The lowest BCUT2D eigenvalue weighted by atomic mass is 10.1. The van der Waals surface area contributed by atoms with Gasteiger partial charge >= 0.3 is 5.00 Å². The summed E-state index contributed by atoms with van der Waals surface area (Å²) in [6.07, 6.45) is 2.80. The molecule has 2 N–H and O–H groups in total. The third-order valence-electron chi connectivity index (χ3n) is 4.54. The fourth-order valence-corrected chi connectivity index (χ4v) is 5.54. The van der Waals surface area contributed by atoms with Crippen LogP contribution in [0.25, 0.3) is 15.9 Å². The first-order chi connectivity index (χ1) is 16.5. The van der Waals surface area contributed by atoms with E-state index in [1.165, 1.54) is 16.8 Å². The number of hydrogen-bond donors (Lipinski definition) is 2. The van der Waals surface area contributed by atoms with Gasteiger partial charge in [0.05, 0.1) is 38.3 Å². The molecule has 34 heavy (non-hydrogen) atoms. The Morgan fingerprint density at radius 2 is 2.09 bits per heavy atom. The van der Waals surface area contributed by atoms with E-state index in [-0.39, 0.29) is 21.4 Å². The van der Waals surface area contributed by atoms with Crippen LogP contribution in [0.5, 0.6) is 5.75 Å². The molecule has 0 unspecified atom stereocenters. The van der Waals surface area contributed by atoms with Gasteiger partial charge in [-0.05, 0) is 35.6 Å². The van der Waals surface area contributed by atoms with E-state index in [1.807, 2.05) is 24.3 Å². The van der Waals surface area contributed by atoms with E-state index >= 15 is 0 Å². The molecule has 5 aromatic rings. The van der Waals surface area contributed by atoms with Crippen molar-refractivity contribution >= 4 is 60.7 Å². The standard InChI is InChI=1S/C20H13N7O4S3/c28-15-7-12(5-6-13(15)18(29)23-19-21-8-17(34-19)27(30)31)26-9-11(24-25-26)10-32-20-22-14-3-1-2-4-16(14)33-20/h1-9,28H,10H2,(H,21,23,29). The summed E-state index contributed by atoms with van der Waals surface area (Å²) in [5, 5.41) is 31.7. The summed E-state index contributed by atoms with van der Waals surface area (Å²) in [4.78, 5) is 31.0. The number of nitro groups is 1. The first-order valence-corrected chi connectivity index (χ1v) is 12.2. The number of thioether (sulfide) groups is 1. The summed E-state index contributed by atoms with van der Waals surface area (Å²) >= 11 is 3.91. The average Bonchev–Trinajstić information content (AvgIpc) is 3.56. The maximum Gasteiger partial charge on any atom is 0.345 e. The monoisotopic (exact) mass is 511 g/mol. The molecule has 0 saturated carbocycles. The summed E-state index contributed by atoms with van der Waals surface area (Å²) < 4.78 is 3.57. The Labute approximate surface area is 203 Å². The second kappa shape index (κ2) is 9.17. The molecular formula is C20H13N7O4S3. The molecule has 5 rings (SSSR count). The van der Waals surface area contributed by atoms with Gasteiger partial charge in [0.1, 0.15) is 11.9 Å². The van der Waals surface area contributed by atoms with Gasteiger partial charge in [0.15, 0.2) is 9.47 Å². The van der Waals surface area contributed by atoms with E-state index in [9.17, 15) is 20.0 Å². The molecule has 1 amide bonds. The van der Waals surface area contributed by atoms with Crippen molar-refractivity contribution in [3.63, 3.8) is 0 Å². The van der Waals surface area contributed by atoms with Crippen molar-refractivity contribution in [3.05, 3.63) is 76.2 Å². The highest BCUT2D eigenvalue weighted by atomic mass is 32.2. The van der Waals surface area contributed by atoms with Gasteiger partial charge in [-0.3, -0.25) is 20.2 Å². The zero-order valence-corrected chi connectivity index (χ0v) is 19.4. The SMILES string of the molecule is O=C(Nc1ncc([N+](=O)[O-])s1)c1ccc(-n2cc(CSc3nc4ccccc4s3)nn2)cc1O. The number of carbonyl (C=O) groups excluding carboxylic acids is 1. The smallest absolute Gasteiger partial charge is 0.345 e. The van der Waals surface area contributed by atoms with Crippen molar-refractivity contribution in [1.29, 1.82) is 0 Å². The van der Waals surface area contributed by atoms with E-state index < -0.39 is 10.8 Å². The van der Waals surface area contributed by atoms with Crippen LogP contribution in [0.15, 0.2) is 59.2 Å². The molecule has 14 heteroatoms. The van der Waals surface area contributed by atoms with Gasteiger partial charge in [-0.25, -0.2) is 14.6 Å². The number of phenols is 1. The number of anilines is 1. The minimum absolute atomic E-state index is 0.00617. The first-order valence-electron chi connectivity index (χ1n) is 9.61. The van der Waals surface area contributed by atoms with Crippen molar-refractivity contribution in [1.82, 2.24) is 25.0 Å². The molecule has 3 aromatic heterocycles. The molecule has 0 atom stereocenters. The predicted molar refractivity (Wildman–Crippen MR) is 129 cm³/mol. The molecule has 0 bridgehead atoms. The van der Waals surface area contributed by atoms with Crippen LogP contribution in [0.4, 0.5) is 10.1 Å². The Hall–Kier alpha value is -3.88. The largest absolute Gasteiger partial charge is 0.507 e. The summed E-state index contributed by atoms with van der Waals surface area (Å²) in [6.45, 7) is 0. The van der Waals surface area contributed by atoms with Crippen LogP contribution in [-0.4, -0.2) is 40.9 Å². The molecule has 11 nitrogen and oxygen atoms in total. The minimum atomic E-state index is -0.639. The second-order valence-corrected chi connectivity index (χ2v) is 10.1. The van der Waals surface area contributed by atoms with Gasteiger partial charge in [-0.15, -0.1) is 16.4 Å². The first kappa shape index (κ1) is 21.9. The van der Waals surface area contributed by atoms with Crippen LogP contribution in [-0.2, 0) is 5.75 Å². The Bertz CT molecular complexity index is 1490. The summed E-state index contributed by atoms with van der Waals surface area (Å²) in [5.74, 6) is -0.339. The fraction of sp³-hybridized carbons (Fsp3) is 0.0500. The maximum atomic E-state index is 12.4. The summed E-state index contributed by atoms with van der Waals surface area (Å²) in [5.41, 5.74) is 2.21. The molecule has 170 valence electrons. The van der Waals surface area contributed by atoms with Crippen LogP contribution in [0.2, 0.25) is 0 Å². The van der Waals surface area contributed by atoms with Gasteiger partial charge < -0.3 is 5.11 Å². The van der Waals surface area contributed by atoms with Gasteiger partial charge in [0, 0.05) is 11.8 Å². The number of carbonyl (C=O) groups is 1. The Balaban J connectivity index is 1.25. The second-order valence-electron chi connectivity index (χ2n) is 6.81. The fourth-order valence-electron chi connectivity index (χ4n) is 2.97. The van der Waals surface area contributed by atoms with Crippen LogP contribution in [0.3, 0.4) is 0 Å². The molecule has 2 aromatic carbocycles. The Morgan fingerprint density at radius 3 is 2.85 bits per heavy atom. The number of thiazole rings is 2. The van der Waals surface area contributed by atoms with Gasteiger partial charge in [-0.1, -0.05) is 29.1 Å². The molecule has 0 saturated heterocycles.